The molecular weight excluding hydrogens is 204 g/mol. The van der Waals surface area contributed by atoms with Crippen molar-refractivity contribution in [3.05, 3.63) is 12.3 Å². The SMILES string of the molecule is CCOc1ccnc(N(C)CCC(C)N)n1. The fourth-order valence-corrected chi connectivity index (χ4v) is 1.24. The van der Waals surface area contributed by atoms with Crippen LogP contribution in [0.2, 0.25) is 0 Å². The van der Waals surface area contributed by atoms with Crippen molar-refractivity contribution in [3.8, 4) is 5.88 Å². The average Bonchev–Trinajstić information content (AvgIpc) is 2.26. The van der Waals surface area contributed by atoms with E-state index in [-0.39, 0.29) is 6.04 Å². The fraction of sp³-hybridized carbons (Fsp3) is 0.636. The quantitative estimate of drug-likeness (QED) is 0.782. The fourth-order valence-electron chi connectivity index (χ4n) is 1.24. The van der Waals surface area contributed by atoms with Crippen LogP contribution in [0.5, 0.6) is 5.88 Å². The summed E-state index contributed by atoms with van der Waals surface area (Å²) in [5.74, 6) is 1.28. The topological polar surface area (TPSA) is 64.3 Å². The van der Waals surface area contributed by atoms with Gasteiger partial charge < -0.3 is 15.4 Å². The molecule has 1 atom stereocenters. The van der Waals surface area contributed by atoms with Crippen LogP contribution in [-0.4, -0.2) is 36.2 Å². The molecule has 1 aromatic rings. The highest BCUT2D eigenvalue weighted by Gasteiger charge is 2.06. The Kier molecular flexibility index (Phi) is 4.98. The number of nitrogens with zero attached hydrogens (tertiary/aromatic N) is 3. The third-order valence-electron chi connectivity index (χ3n) is 2.17. The molecule has 5 nitrogen and oxygen atoms in total. The van der Waals surface area contributed by atoms with Crippen LogP contribution in [0.3, 0.4) is 0 Å². The summed E-state index contributed by atoms with van der Waals surface area (Å²) in [6.45, 7) is 5.38. The lowest BCUT2D eigenvalue weighted by Gasteiger charge is -2.18. The van der Waals surface area contributed by atoms with Gasteiger partial charge in [-0.15, -0.1) is 0 Å². The molecule has 0 aliphatic heterocycles. The molecule has 0 saturated carbocycles. The zero-order valence-corrected chi connectivity index (χ0v) is 10.2. The first-order chi connectivity index (χ1) is 7.63. The molecule has 0 bridgehead atoms. The van der Waals surface area contributed by atoms with Gasteiger partial charge in [-0.1, -0.05) is 0 Å². The highest BCUT2D eigenvalue weighted by molar-refractivity contribution is 5.30. The molecule has 1 rings (SSSR count). The second-order valence-electron chi connectivity index (χ2n) is 3.82. The van der Waals surface area contributed by atoms with Crippen molar-refractivity contribution in [2.24, 2.45) is 5.73 Å². The minimum atomic E-state index is 0.192. The summed E-state index contributed by atoms with van der Waals surface area (Å²) in [6.07, 6.45) is 2.62. The van der Waals surface area contributed by atoms with E-state index in [4.69, 9.17) is 10.5 Å². The van der Waals surface area contributed by atoms with Gasteiger partial charge in [-0.25, -0.2) is 4.98 Å². The molecule has 0 amide bonds. The maximum Gasteiger partial charge on any atom is 0.228 e. The molecule has 0 radical (unpaired) electrons. The number of aromatic nitrogens is 2. The van der Waals surface area contributed by atoms with Crippen LogP contribution < -0.4 is 15.4 Å². The van der Waals surface area contributed by atoms with Crippen LogP contribution in [-0.2, 0) is 0 Å². The van der Waals surface area contributed by atoms with E-state index in [1.165, 1.54) is 0 Å². The summed E-state index contributed by atoms with van der Waals surface area (Å²) in [5, 5.41) is 0. The van der Waals surface area contributed by atoms with Gasteiger partial charge in [-0.3, -0.25) is 0 Å². The van der Waals surface area contributed by atoms with Crippen LogP contribution in [0, 0.1) is 0 Å². The Morgan fingerprint density at radius 2 is 2.31 bits per heavy atom. The van der Waals surface area contributed by atoms with Crippen LogP contribution in [0.15, 0.2) is 12.3 Å². The van der Waals surface area contributed by atoms with Crippen LogP contribution in [0.25, 0.3) is 0 Å². The highest BCUT2D eigenvalue weighted by atomic mass is 16.5. The van der Waals surface area contributed by atoms with Crippen molar-refractivity contribution >= 4 is 5.95 Å². The molecule has 0 saturated heterocycles. The van der Waals surface area contributed by atoms with E-state index >= 15 is 0 Å². The van der Waals surface area contributed by atoms with Crippen molar-refractivity contribution in [1.82, 2.24) is 9.97 Å². The third kappa shape index (κ3) is 4.02. The van der Waals surface area contributed by atoms with Gasteiger partial charge in [-0.2, -0.15) is 4.98 Å². The molecule has 5 heteroatoms. The maximum absolute atomic E-state index is 5.70. The van der Waals surface area contributed by atoms with E-state index in [0.717, 1.165) is 13.0 Å². The van der Waals surface area contributed by atoms with Crippen molar-refractivity contribution in [2.45, 2.75) is 26.3 Å². The predicted molar refractivity (Wildman–Crippen MR) is 64.7 cm³/mol. The lowest BCUT2D eigenvalue weighted by molar-refractivity contribution is 0.326. The summed E-state index contributed by atoms with van der Waals surface area (Å²) in [7, 11) is 1.95. The predicted octanol–water partition coefficient (Wildman–Crippen LogP) is 1.05. The van der Waals surface area contributed by atoms with Gasteiger partial charge in [0.15, 0.2) is 0 Å². The van der Waals surface area contributed by atoms with Crippen molar-refractivity contribution < 1.29 is 4.74 Å². The smallest absolute Gasteiger partial charge is 0.228 e. The summed E-state index contributed by atoms with van der Waals surface area (Å²) in [4.78, 5) is 10.5. The maximum atomic E-state index is 5.70. The standard InChI is InChI=1S/C11H20N4O/c1-4-16-10-5-7-13-11(14-10)15(3)8-6-9(2)12/h5,7,9H,4,6,8,12H2,1-3H3. The average molecular weight is 224 g/mol. The minimum absolute atomic E-state index is 0.192. The van der Waals surface area contributed by atoms with E-state index in [9.17, 15) is 0 Å². The molecule has 0 aromatic carbocycles. The normalized spacial score (nSPS) is 12.2. The van der Waals surface area contributed by atoms with Gasteiger partial charge in [0.05, 0.1) is 6.61 Å². The second kappa shape index (κ2) is 6.27. The molecular formula is C11H20N4O. The Labute approximate surface area is 96.6 Å². The first-order valence-electron chi connectivity index (χ1n) is 5.56. The number of rotatable bonds is 6. The van der Waals surface area contributed by atoms with Crippen LogP contribution in [0.1, 0.15) is 20.3 Å². The number of ether oxygens (including phenoxy) is 1. The summed E-state index contributed by atoms with van der Waals surface area (Å²) in [5.41, 5.74) is 5.70. The third-order valence-corrected chi connectivity index (χ3v) is 2.17. The molecule has 0 aliphatic rings. The van der Waals surface area contributed by atoms with Crippen LogP contribution >= 0.6 is 0 Å². The van der Waals surface area contributed by atoms with E-state index in [1.807, 2.05) is 25.8 Å². The molecule has 90 valence electrons. The van der Waals surface area contributed by atoms with Crippen LogP contribution in [0.4, 0.5) is 5.95 Å². The van der Waals surface area contributed by atoms with Gasteiger partial charge in [0.25, 0.3) is 0 Å². The Hall–Kier alpha value is -1.36. The number of hydrogen-bond acceptors (Lipinski definition) is 5. The molecule has 1 unspecified atom stereocenters. The van der Waals surface area contributed by atoms with Gasteiger partial charge in [0.1, 0.15) is 0 Å². The zero-order valence-electron chi connectivity index (χ0n) is 10.2. The monoisotopic (exact) mass is 224 g/mol. The van der Waals surface area contributed by atoms with E-state index in [0.29, 0.717) is 18.4 Å². The second-order valence-corrected chi connectivity index (χ2v) is 3.82. The van der Waals surface area contributed by atoms with E-state index in [1.54, 1.807) is 12.3 Å². The molecule has 0 spiro atoms. The first-order valence-corrected chi connectivity index (χ1v) is 5.56. The lowest BCUT2D eigenvalue weighted by Crippen LogP contribution is -2.27. The van der Waals surface area contributed by atoms with E-state index < -0.39 is 0 Å². The molecule has 1 aromatic heterocycles. The number of nitrogens with two attached hydrogens (primary N) is 1. The summed E-state index contributed by atoms with van der Waals surface area (Å²) >= 11 is 0. The zero-order chi connectivity index (χ0) is 12.0. The highest BCUT2D eigenvalue weighted by Crippen LogP contribution is 2.11. The summed E-state index contributed by atoms with van der Waals surface area (Å²) < 4.78 is 5.32. The van der Waals surface area contributed by atoms with Crippen molar-refractivity contribution in [1.29, 1.82) is 0 Å². The Balaban J connectivity index is 2.60. The van der Waals surface area contributed by atoms with Crippen molar-refractivity contribution in [2.75, 3.05) is 25.1 Å². The summed E-state index contributed by atoms with van der Waals surface area (Å²) in [6, 6.07) is 1.95. The van der Waals surface area contributed by atoms with Crippen molar-refractivity contribution in [3.63, 3.8) is 0 Å². The molecule has 0 aliphatic carbocycles. The van der Waals surface area contributed by atoms with Gasteiger partial charge >= 0.3 is 0 Å². The van der Waals surface area contributed by atoms with E-state index in [2.05, 4.69) is 9.97 Å². The Bertz CT molecular complexity index is 317. The number of hydrogen-bond donors (Lipinski definition) is 1. The molecule has 1 heterocycles. The molecule has 16 heavy (non-hydrogen) atoms. The van der Waals surface area contributed by atoms with Gasteiger partial charge in [-0.05, 0) is 20.3 Å². The molecule has 2 N–H and O–H groups in total. The van der Waals surface area contributed by atoms with Gasteiger partial charge in [0.2, 0.25) is 11.8 Å². The minimum Gasteiger partial charge on any atom is -0.478 e. The van der Waals surface area contributed by atoms with Gasteiger partial charge in [0, 0.05) is 31.9 Å². The Morgan fingerprint density at radius 3 is 2.94 bits per heavy atom. The number of anilines is 1. The molecule has 0 fully saturated rings. The largest absolute Gasteiger partial charge is 0.478 e. The Morgan fingerprint density at radius 1 is 1.56 bits per heavy atom. The lowest BCUT2D eigenvalue weighted by atomic mass is 10.2. The first kappa shape index (κ1) is 12.7.